The maximum absolute atomic E-state index is 8.59. The maximum Gasteiger partial charge on any atom is 0.0705 e. The third kappa shape index (κ3) is 2.80. The van der Waals surface area contributed by atoms with Gasteiger partial charge < -0.3 is 9.84 Å². The van der Waals surface area contributed by atoms with Crippen molar-refractivity contribution in [2.75, 3.05) is 13.2 Å². The average Bonchev–Trinajstić information content (AvgIpc) is 2.03. The molecule has 0 bridgehead atoms. The molecular weight excluding hydrogens is 140 g/mol. The summed E-state index contributed by atoms with van der Waals surface area (Å²) < 4.78 is 5.57. The highest BCUT2D eigenvalue weighted by molar-refractivity contribution is 4.79. The van der Waals surface area contributed by atoms with Crippen LogP contribution in [0.15, 0.2) is 0 Å². The summed E-state index contributed by atoms with van der Waals surface area (Å²) in [6.07, 6.45) is 6.22. The molecule has 0 amide bonds. The predicted octanol–water partition coefficient (Wildman–Crippen LogP) is 1.72. The lowest BCUT2D eigenvalue weighted by molar-refractivity contribution is -0.0672. The summed E-state index contributed by atoms with van der Waals surface area (Å²) in [4.78, 5) is 0. The van der Waals surface area contributed by atoms with Crippen LogP contribution in [-0.2, 0) is 4.74 Å². The van der Waals surface area contributed by atoms with Gasteiger partial charge >= 0.3 is 0 Å². The smallest absolute Gasteiger partial charge is 0.0705 e. The molecule has 66 valence electrons. The Balaban J connectivity index is 2.25. The molecule has 2 heteroatoms. The molecule has 1 aliphatic rings. The number of ether oxygens (including phenoxy) is 1. The monoisotopic (exact) mass is 158 g/mol. The second-order valence-electron chi connectivity index (χ2n) is 3.58. The van der Waals surface area contributed by atoms with Crippen molar-refractivity contribution >= 4 is 0 Å². The summed E-state index contributed by atoms with van der Waals surface area (Å²) >= 11 is 0. The van der Waals surface area contributed by atoms with Crippen LogP contribution in [0.4, 0.5) is 0 Å². The quantitative estimate of drug-likeness (QED) is 0.677. The van der Waals surface area contributed by atoms with E-state index < -0.39 is 0 Å². The largest absolute Gasteiger partial charge is 0.394 e. The Bertz CT molecular complexity index is 106. The molecule has 1 aliphatic carbocycles. The Morgan fingerprint density at radius 3 is 2.45 bits per heavy atom. The summed E-state index contributed by atoms with van der Waals surface area (Å²) in [5.74, 6) is 0. The SMILES string of the molecule is CC1(OCCO)CCCCC1. The van der Waals surface area contributed by atoms with Crippen LogP contribution in [-0.4, -0.2) is 23.9 Å². The zero-order chi connectivity index (χ0) is 8.16. The van der Waals surface area contributed by atoms with Gasteiger partial charge in [0.2, 0.25) is 0 Å². The average molecular weight is 158 g/mol. The van der Waals surface area contributed by atoms with Crippen LogP contribution in [0, 0.1) is 0 Å². The minimum absolute atomic E-state index is 0.0704. The van der Waals surface area contributed by atoms with Crippen LogP contribution in [0.1, 0.15) is 39.0 Å². The van der Waals surface area contributed by atoms with Crippen molar-refractivity contribution < 1.29 is 9.84 Å². The van der Waals surface area contributed by atoms with Gasteiger partial charge in [-0.15, -0.1) is 0 Å². The Hall–Kier alpha value is -0.0800. The lowest BCUT2D eigenvalue weighted by Gasteiger charge is -2.33. The lowest BCUT2D eigenvalue weighted by atomic mass is 9.86. The van der Waals surface area contributed by atoms with Gasteiger partial charge in [-0.3, -0.25) is 0 Å². The van der Waals surface area contributed by atoms with Crippen LogP contribution in [0.5, 0.6) is 0 Å². The topological polar surface area (TPSA) is 29.5 Å². The number of rotatable bonds is 3. The minimum atomic E-state index is 0.0704. The zero-order valence-corrected chi connectivity index (χ0v) is 7.31. The van der Waals surface area contributed by atoms with E-state index in [0.717, 1.165) is 12.8 Å². The van der Waals surface area contributed by atoms with E-state index in [2.05, 4.69) is 6.92 Å². The van der Waals surface area contributed by atoms with Gasteiger partial charge in [0, 0.05) is 0 Å². The standard InChI is InChI=1S/C9H18O2/c1-9(11-8-7-10)5-3-2-4-6-9/h10H,2-8H2,1H3. The van der Waals surface area contributed by atoms with E-state index in [-0.39, 0.29) is 12.2 Å². The third-order valence-electron chi connectivity index (χ3n) is 2.45. The predicted molar refractivity (Wildman–Crippen MR) is 44.5 cm³/mol. The lowest BCUT2D eigenvalue weighted by Crippen LogP contribution is -2.32. The number of hydrogen-bond acceptors (Lipinski definition) is 2. The molecule has 0 saturated heterocycles. The van der Waals surface area contributed by atoms with Crippen LogP contribution < -0.4 is 0 Å². The van der Waals surface area contributed by atoms with E-state index in [0.29, 0.717) is 6.61 Å². The van der Waals surface area contributed by atoms with E-state index in [4.69, 9.17) is 9.84 Å². The first-order valence-electron chi connectivity index (χ1n) is 4.52. The van der Waals surface area contributed by atoms with Crippen molar-refractivity contribution in [1.29, 1.82) is 0 Å². The molecule has 0 radical (unpaired) electrons. The molecule has 1 saturated carbocycles. The molecule has 1 N–H and O–H groups in total. The second-order valence-corrected chi connectivity index (χ2v) is 3.58. The van der Waals surface area contributed by atoms with Crippen LogP contribution in [0.25, 0.3) is 0 Å². The molecule has 11 heavy (non-hydrogen) atoms. The van der Waals surface area contributed by atoms with Gasteiger partial charge in [0.1, 0.15) is 0 Å². The highest BCUT2D eigenvalue weighted by atomic mass is 16.5. The first-order chi connectivity index (χ1) is 5.27. The molecule has 0 unspecified atom stereocenters. The number of aliphatic hydroxyl groups excluding tert-OH is 1. The molecule has 0 spiro atoms. The van der Waals surface area contributed by atoms with Gasteiger partial charge in [-0.1, -0.05) is 19.3 Å². The van der Waals surface area contributed by atoms with Crippen LogP contribution in [0.2, 0.25) is 0 Å². The van der Waals surface area contributed by atoms with Gasteiger partial charge in [0.25, 0.3) is 0 Å². The van der Waals surface area contributed by atoms with Crippen molar-refractivity contribution in [2.24, 2.45) is 0 Å². The molecule has 0 atom stereocenters. The Morgan fingerprint density at radius 2 is 1.91 bits per heavy atom. The fourth-order valence-electron chi connectivity index (χ4n) is 1.74. The molecule has 2 nitrogen and oxygen atoms in total. The zero-order valence-electron chi connectivity index (χ0n) is 7.31. The van der Waals surface area contributed by atoms with Gasteiger partial charge in [-0.2, -0.15) is 0 Å². The fraction of sp³-hybridized carbons (Fsp3) is 1.00. The Labute approximate surface area is 68.6 Å². The minimum Gasteiger partial charge on any atom is -0.394 e. The molecule has 1 rings (SSSR count). The highest BCUT2D eigenvalue weighted by Crippen LogP contribution is 2.30. The van der Waals surface area contributed by atoms with E-state index in [9.17, 15) is 0 Å². The van der Waals surface area contributed by atoms with Gasteiger partial charge in [0.15, 0.2) is 0 Å². The number of aliphatic hydroxyl groups is 1. The summed E-state index contributed by atoms with van der Waals surface area (Å²) in [6.45, 7) is 2.80. The van der Waals surface area contributed by atoms with E-state index >= 15 is 0 Å². The highest BCUT2D eigenvalue weighted by Gasteiger charge is 2.26. The summed E-state index contributed by atoms with van der Waals surface area (Å²) in [6, 6.07) is 0. The van der Waals surface area contributed by atoms with E-state index in [1.165, 1.54) is 19.3 Å². The molecule has 0 aromatic carbocycles. The number of hydrogen-bond donors (Lipinski definition) is 1. The van der Waals surface area contributed by atoms with Crippen molar-refractivity contribution in [3.63, 3.8) is 0 Å². The second kappa shape index (κ2) is 4.07. The molecule has 0 heterocycles. The first-order valence-corrected chi connectivity index (χ1v) is 4.52. The van der Waals surface area contributed by atoms with Crippen LogP contribution >= 0.6 is 0 Å². The van der Waals surface area contributed by atoms with E-state index in [1.54, 1.807) is 0 Å². The van der Waals surface area contributed by atoms with Crippen molar-refractivity contribution in [3.8, 4) is 0 Å². The molecule has 0 aromatic heterocycles. The third-order valence-corrected chi connectivity index (χ3v) is 2.45. The van der Waals surface area contributed by atoms with Crippen molar-refractivity contribution in [3.05, 3.63) is 0 Å². The van der Waals surface area contributed by atoms with Crippen molar-refractivity contribution in [1.82, 2.24) is 0 Å². The normalized spacial score (nSPS) is 23.5. The summed E-state index contributed by atoms with van der Waals surface area (Å²) in [5, 5.41) is 8.59. The van der Waals surface area contributed by atoms with Crippen molar-refractivity contribution in [2.45, 2.75) is 44.6 Å². The Kier molecular flexibility index (Phi) is 3.34. The molecule has 1 fully saturated rings. The summed E-state index contributed by atoms with van der Waals surface area (Å²) in [7, 11) is 0. The first kappa shape index (κ1) is 9.01. The summed E-state index contributed by atoms with van der Waals surface area (Å²) in [5.41, 5.74) is 0.0704. The molecular formula is C9H18O2. The fourth-order valence-corrected chi connectivity index (χ4v) is 1.74. The molecule has 0 aromatic rings. The van der Waals surface area contributed by atoms with Gasteiger partial charge in [-0.05, 0) is 19.8 Å². The van der Waals surface area contributed by atoms with Gasteiger partial charge in [0.05, 0.1) is 18.8 Å². The van der Waals surface area contributed by atoms with E-state index in [1.807, 2.05) is 0 Å². The van der Waals surface area contributed by atoms with Gasteiger partial charge in [-0.25, -0.2) is 0 Å². The molecule has 0 aliphatic heterocycles. The maximum atomic E-state index is 8.59. The van der Waals surface area contributed by atoms with Crippen LogP contribution in [0.3, 0.4) is 0 Å². The Morgan fingerprint density at radius 1 is 1.27 bits per heavy atom.